The zero-order valence-corrected chi connectivity index (χ0v) is 9.38. The van der Waals surface area contributed by atoms with E-state index in [0.717, 1.165) is 6.54 Å². The van der Waals surface area contributed by atoms with Crippen LogP contribution in [0.4, 0.5) is 0 Å². The quantitative estimate of drug-likeness (QED) is 0.634. The van der Waals surface area contributed by atoms with Crippen molar-refractivity contribution in [3.05, 3.63) is 12.2 Å². The van der Waals surface area contributed by atoms with Gasteiger partial charge in [0, 0.05) is 18.2 Å². The maximum absolute atomic E-state index is 11.8. The molecule has 0 N–H and O–H groups in total. The number of nitrogens with zero attached hydrogens (tertiary/aromatic N) is 1. The molecule has 0 aromatic carbocycles. The molecule has 2 heteroatoms. The average Bonchev–Trinajstić information content (AvgIpc) is 2.20. The highest BCUT2D eigenvalue weighted by Crippen LogP contribution is 2.23. The van der Waals surface area contributed by atoms with E-state index in [1.54, 1.807) is 6.92 Å². The number of likely N-dealkylation sites (N-methyl/N-ethyl adjacent to an activating group) is 1. The summed E-state index contributed by atoms with van der Waals surface area (Å²) in [6, 6.07) is 0.470. The topological polar surface area (TPSA) is 20.3 Å². The highest BCUT2D eigenvalue weighted by atomic mass is 16.2. The highest BCUT2D eigenvalue weighted by Gasteiger charge is 2.23. The number of amides is 1. The van der Waals surface area contributed by atoms with E-state index < -0.39 is 0 Å². The third-order valence-electron chi connectivity index (χ3n) is 2.98. The lowest BCUT2D eigenvalue weighted by atomic mass is 9.94. The molecular formula is C12H21NO. The van der Waals surface area contributed by atoms with Gasteiger partial charge < -0.3 is 4.90 Å². The van der Waals surface area contributed by atoms with E-state index in [2.05, 4.69) is 13.5 Å². The van der Waals surface area contributed by atoms with E-state index in [1.807, 2.05) is 4.90 Å². The highest BCUT2D eigenvalue weighted by molar-refractivity contribution is 5.92. The summed E-state index contributed by atoms with van der Waals surface area (Å²) in [7, 11) is 0. The van der Waals surface area contributed by atoms with Crippen LogP contribution in [0.3, 0.4) is 0 Å². The number of carbonyl (C=O) groups excluding carboxylic acids is 1. The van der Waals surface area contributed by atoms with Gasteiger partial charge in [0.25, 0.3) is 0 Å². The van der Waals surface area contributed by atoms with Crippen LogP contribution in [0.15, 0.2) is 12.2 Å². The number of rotatable bonds is 3. The SMILES string of the molecule is C=C(C)C(=O)N(CC)C1CCCCC1. The van der Waals surface area contributed by atoms with Gasteiger partial charge in [0.1, 0.15) is 0 Å². The zero-order valence-electron chi connectivity index (χ0n) is 9.38. The lowest BCUT2D eigenvalue weighted by Crippen LogP contribution is -2.41. The molecule has 0 saturated heterocycles. The van der Waals surface area contributed by atoms with Gasteiger partial charge in [-0.1, -0.05) is 25.8 Å². The van der Waals surface area contributed by atoms with Crippen LogP contribution in [0.5, 0.6) is 0 Å². The first-order valence-corrected chi connectivity index (χ1v) is 5.63. The summed E-state index contributed by atoms with van der Waals surface area (Å²) in [5, 5.41) is 0. The van der Waals surface area contributed by atoms with Gasteiger partial charge in [-0.15, -0.1) is 0 Å². The second-order valence-corrected chi connectivity index (χ2v) is 4.16. The molecule has 0 atom stereocenters. The minimum absolute atomic E-state index is 0.138. The Labute approximate surface area is 87.0 Å². The predicted octanol–water partition coefficient (Wildman–Crippen LogP) is 2.74. The smallest absolute Gasteiger partial charge is 0.249 e. The number of hydrogen-bond donors (Lipinski definition) is 0. The van der Waals surface area contributed by atoms with Crippen LogP contribution in [-0.2, 0) is 4.79 Å². The molecular weight excluding hydrogens is 174 g/mol. The van der Waals surface area contributed by atoms with Crippen molar-refractivity contribution in [2.75, 3.05) is 6.54 Å². The normalized spacial score (nSPS) is 17.9. The largest absolute Gasteiger partial charge is 0.336 e. The number of hydrogen-bond acceptors (Lipinski definition) is 1. The first kappa shape index (κ1) is 11.3. The van der Waals surface area contributed by atoms with Crippen molar-refractivity contribution in [2.45, 2.75) is 52.0 Å². The summed E-state index contributed by atoms with van der Waals surface area (Å²) in [6.45, 7) is 8.39. The Balaban J connectivity index is 2.59. The van der Waals surface area contributed by atoms with Gasteiger partial charge in [0.05, 0.1) is 0 Å². The van der Waals surface area contributed by atoms with E-state index >= 15 is 0 Å². The van der Waals surface area contributed by atoms with Gasteiger partial charge in [-0.3, -0.25) is 4.79 Å². The lowest BCUT2D eigenvalue weighted by molar-refractivity contribution is -0.129. The van der Waals surface area contributed by atoms with Crippen molar-refractivity contribution in [1.82, 2.24) is 4.90 Å². The van der Waals surface area contributed by atoms with Crippen molar-refractivity contribution in [3.8, 4) is 0 Å². The van der Waals surface area contributed by atoms with Gasteiger partial charge in [-0.2, -0.15) is 0 Å². The van der Waals surface area contributed by atoms with Crippen LogP contribution < -0.4 is 0 Å². The number of carbonyl (C=O) groups is 1. The van der Waals surface area contributed by atoms with E-state index in [9.17, 15) is 4.79 Å². The first-order valence-electron chi connectivity index (χ1n) is 5.63. The third kappa shape index (κ3) is 2.60. The molecule has 1 amide bonds. The van der Waals surface area contributed by atoms with Crippen molar-refractivity contribution >= 4 is 5.91 Å². The van der Waals surface area contributed by atoms with Gasteiger partial charge in [-0.05, 0) is 26.7 Å². The standard InChI is InChI=1S/C12H21NO/c1-4-13(12(14)10(2)3)11-8-6-5-7-9-11/h11H,2,4-9H2,1,3H3. The first-order chi connectivity index (χ1) is 6.66. The van der Waals surface area contributed by atoms with E-state index in [0.29, 0.717) is 11.6 Å². The van der Waals surface area contributed by atoms with Gasteiger partial charge >= 0.3 is 0 Å². The van der Waals surface area contributed by atoms with Crippen LogP contribution in [0, 0.1) is 0 Å². The molecule has 0 aromatic heterocycles. The summed E-state index contributed by atoms with van der Waals surface area (Å²) in [6.07, 6.45) is 6.21. The molecule has 0 heterocycles. The van der Waals surface area contributed by atoms with Gasteiger partial charge in [0.15, 0.2) is 0 Å². The molecule has 0 aromatic rings. The second-order valence-electron chi connectivity index (χ2n) is 4.16. The summed E-state index contributed by atoms with van der Waals surface area (Å²) in [5.74, 6) is 0.138. The zero-order chi connectivity index (χ0) is 10.6. The fourth-order valence-corrected chi connectivity index (χ4v) is 2.21. The minimum Gasteiger partial charge on any atom is -0.336 e. The minimum atomic E-state index is 0.138. The van der Waals surface area contributed by atoms with Crippen LogP contribution in [0.2, 0.25) is 0 Å². The Morgan fingerprint density at radius 3 is 2.36 bits per heavy atom. The van der Waals surface area contributed by atoms with Crippen LogP contribution in [0.25, 0.3) is 0 Å². The molecule has 0 unspecified atom stereocenters. The van der Waals surface area contributed by atoms with Gasteiger partial charge in [-0.25, -0.2) is 0 Å². The molecule has 1 aliphatic rings. The van der Waals surface area contributed by atoms with E-state index in [4.69, 9.17) is 0 Å². The molecule has 1 saturated carbocycles. The van der Waals surface area contributed by atoms with Crippen LogP contribution in [0.1, 0.15) is 46.0 Å². The molecule has 1 fully saturated rings. The third-order valence-corrected chi connectivity index (χ3v) is 2.98. The second kappa shape index (κ2) is 5.18. The molecule has 2 nitrogen and oxygen atoms in total. The Kier molecular flexibility index (Phi) is 4.18. The monoisotopic (exact) mass is 195 g/mol. The average molecular weight is 195 g/mol. The van der Waals surface area contributed by atoms with E-state index in [-0.39, 0.29) is 5.91 Å². The summed E-state index contributed by atoms with van der Waals surface area (Å²) in [4.78, 5) is 13.8. The molecule has 1 aliphatic carbocycles. The summed E-state index contributed by atoms with van der Waals surface area (Å²) in [5.41, 5.74) is 0.664. The van der Waals surface area contributed by atoms with Crippen molar-refractivity contribution in [1.29, 1.82) is 0 Å². The molecule has 1 rings (SSSR count). The van der Waals surface area contributed by atoms with E-state index in [1.165, 1.54) is 32.1 Å². The maximum atomic E-state index is 11.8. The van der Waals surface area contributed by atoms with Crippen molar-refractivity contribution in [2.24, 2.45) is 0 Å². The molecule has 0 spiro atoms. The van der Waals surface area contributed by atoms with Crippen LogP contribution >= 0.6 is 0 Å². The van der Waals surface area contributed by atoms with Crippen molar-refractivity contribution < 1.29 is 4.79 Å². The fraction of sp³-hybridized carbons (Fsp3) is 0.750. The van der Waals surface area contributed by atoms with Crippen molar-refractivity contribution in [3.63, 3.8) is 0 Å². The predicted molar refractivity (Wildman–Crippen MR) is 59.1 cm³/mol. The lowest BCUT2D eigenvalue weighted by Gasteiger charge is -2.33. The molecule has 0 aliphatic heterocycles. The Morgan fingerprint density at radius 2 is 1.93 bits per heavy atom. The van der Waals surface area contributed by atoms with Gasteiger partial charge in [0.2, 0.25) is 5.91 Å². The molecule has 0 bridgehead atoms. The summed E-state index contributed by atoms with van der Waals surface area (Å²) >= 11 is 0. The summed E-state index contributed by atoms with van der Waals surface area (Å²) < 4.78 is 0. The fourth-order valence-electron chi connectivity index (χ4n) is 2.21. The Hall–Kier alpha value is -0.790. The molecule has 14 heavy (non-hydrogen) atoms. The Morgan fingerprint density at radius 1 is 1.36 bits per heavy atom. The molecule has 0 radical (unpaired) electrons. The maximum Gasteiger partial charge on any atom is 0.249 e. The Bertz CT molecular complexity index is 216. The van der Waals surface area contributed by atoms with Crippen LogP contribution in [-0.4, -0.2) is 23.4 Å². The molecule has 80 valence electrons.